The first-order valence-electron chi connectivity index (χ1n) is 9.03. The summed E-state index contributed by atoms with van der Waals surface area (Å²) in [6.45, 7) is 4.52. The van der Waals surface area contributed by atoms with Crippen LogP contribution in [0.4, 0.5) is 5.82 Å². The second kappa shape index (κ2) is 8.81. The third kappa shape index (κ3) is 4.13. The summed E-state index contributed by atoms with van der Waals surface area (Å²) in [6, 6.07) is 14.9. The minimum absolute atomic E-state index is 0.0431. The molecule has 0 spiro atoms. The Morgan fingerprint density at radius 3 is 2.29 bits per heavy atom. The first-order chi connectivity index (χ1) is 13.5. The van der Waals surface area contributed by atoms with E-state index in [0.717, 1.165) is 11.4 Å². The average molecular weight is 383 g/mol. The van der Waals surface area contributed by atoms with Crippen LogP contribution in [0.1, 0.15) is 19.9 Å². The fourth-order valence-corrected chi connectivity index (χ4v) is 2.88. The molecule has 0 aliphatic rings. The van der Waals surface area contributed by atoms with E-state index in [1.807, 2.05) is 59.8 Å². The second-order valence-electron chi connectivity index (χ2n) is 6.61. The summed E-state index contributed by atoms with van der Waals surface area (Å²) in [5.41, 5.74) is 2.19. The molecule has 0 N–H and O–H groups in total. The van der Waals surface area contributed by atoms with Gasteiger partial charge in [-0.1, -0.05) is 18.2 Å². The molecule has 0 fully saturated rings. The summed E-state index contributed by atoms with van der Waals surface area (Å²) < 4.78 is 13.8. The van der Waals surface area contributed by atoms with Crippen LogP contribution in [0, 0.1) is 0 Å². The third-order valence-electron chi connectivity index (χ3n) is 4.17. The molecule has 0 aliphatic heterocycles. The van der Waals surface area contributed by atoms with Crippen molar-refractivity contribution in [2.45, 2.75) is 19.9 Å². The van der Waals surface area contributed by atoms with Crippen LogP contribution in [0.2, 0.25) is 0 Å². The van der Waals surface area contributed by atoms with Gasteiger partial charge in [0.05, 0.1) is 17.4 Å². The Kier molecular flexibility index (Phi) is 6.23. The number of rotatable bonds is 8. The summed E-state index contributed by atoms with van der Waals surface area (Å²) >= 11 is 0. The van der Waals surface area contributed by atoms with Crippen LogP contribution in [0.15, 0.2) is 53.3 Å². The lowest BCUT2D eigenvalue weighted by molar-refractivity contribution is 0.139. The van der Waals surface area contributed by atoms with Gasteiger partial charge < -0.3 is 14.4 Å². The largest absolute Gasteiger partial charge is 0.364 e. The Bertz CT molecular complexity index is 959. The van der Waals surface area contributed by atoms with E-state index >= 15 is 0 Å². The molecule has 0 unspecified atom stereocenters. The molecule has 28 heavy (non-hydrogen) atoms. The smallest absolute Gasteiger partial charge is 0.267 e. The quantitative estimate of drug-likeness (QED) is 0.557. The topological polar surface area (TPSA) is 74.4 Å². The van der Waals surface area contributed by atoms with Gasteiger partial charge in [-0.2, -0.15) is 5.10 Å². The molecule has 0 radical (unpaired) electrons. The van der Waals surface area contributed by atoms with Crippen molar-refractivity contribution in [3.8, 4) is 17.1 Å². The Morgan fingerprint density at radius 2 is 1.68 bits per heavy atom. The Hall–Kier alpha value is -2.97. The monoisotopic (exact) mass is 383 g/mol. The normalized spacial score (nSPS) is 11.2. The molecule has 8 heteroatoms. The number of methoxy groups -OCH3 is 2. The van der Waals surface area contributed by atoms with Crippen LogP contribution in [-0.4, -0.2) is 47.2 Å². The molecule has 2 heterocycles. The van der Waals surface area contributed by atoms with Gasteiger partial charge >= 0.3 is 0 Å². The van der Waals surface area contributed by atoms with Gasteiger partial charge in [0.2, 0.25) is 0 Å². The first kappa shape index (κ1) is 19.8. The van der Waals surface area contributed by atoms with Crippen LogP contribution >= 0.6 is 0 Å². The van der Waals surface area contributed by atoms with E-state index in [-0.39, 0.29) is 11.6 Å². The molecule has 0 saturated carbocycles. The number of hydrogen-bond acceptors (Lipinski definition) is 6. The maximum absolute atomic E-state index is 12.1. The van der Waals surface area contributed by atoms with E-state index in [1.165, 1.54) is 10.7 Å². The van der Waals surface area contributed by atoms with Gasteiger partial charge in [0.25, 0.3) is 5.56 Å². The number of ether oxygens (including phenoxy) is 2. The predicted molar refractivity (Wildman–Crippen MR) is 108 cm³/mol. The van der Waals surface area contributed by atoms with Crippen LogP contribution in [0.3, 0.4) is 0 Å². The highest BCUT2D eigenvalue weighted by atomic mass is 16.5. The summed E-state index contributed by atoms with van der Waals surface area (Å²) in [7, 11) is 3.25. The van der Waals surface area contributed by atoms with E-state index in [0.29, 0.717) is 25.0 Å². The van der Waals surface area contributed by atoms with Crippen molar-refractivity contribution in [3.05, 3.63) is 58.9 Å². The van der Waals surface area contributed by atoms with E-state index in [9.17, 15) is 4.79 Å². The van der Waals surface area contributed by atoms with Gasteiger partial charge in [-0.25, -0.2) is 9.36 Å². The summed E-state index contributed by atoms with van der Waals surface area (Å²) in [4.78, 5) is 14.0. The molecule has 148 valence electrons. The summed E-state index contributed by atoms with van der Waals surface area (Å²) in [5.74, 6) is 0.687. The zero-order valence-corrected chi connectivity index (χ0v) is 16.6. The minimum Gasteiger partial charge on any atom is -0.364 e. The summed E-state index contributed by atoms with van der Waals surface area (Å²) in [6.07, 6.45) is 0. The molecule has 3 aromatic rings. The van der Waals surface area contributed by atoms with Crippen molar-refractivity contribution in [3.63, 3.8) is 0 Å². The molecule has 2 aromatic heterocycles. The fourth-order valence-electron chi connectivity index (χ4n) is 2.88. The van der Waals surface area contributed by atoms with Crippen LogP contribution in [0.5, 0.6) is 0 Å². The number of para-hydroxylation sites is 1. The average Bonchev–Trinajstić information content (AvgIpc) is 3.14. The molecule has 0 saturated heterocycles. The van der Waals surface area contributed by atoms with Gasteiger partial charge in [-0.05, 0) is 32.0 Å². The van der Waals surface area contributed by atoms with Crippen molar-refractivity contribution in [1.29, 1.82) is 0 Å². The Morgan fingerprint density at radius 1 is 1.00 bits per heavy atom. The van der Waals surface area contributed by atoms with Gasteiger partial charge in [-0.3, -0.25) is 4.79 Å². The molecular formula is C20H25N5O3. The maximum Gasteiger partial charge on any atom is 0.267 e. The zero-order valence-electron chi connectivity index (χ0n) is 16.6. The predicted octanol–water partition coefficient (Wildman–Crippen LogP) is 2.69. The number of benzene rings is 1. The molecule has 0 aliphatic carbocycles. The number of aromatic nitrogens is 4. The van der Waals surface area contributed by atoms with Crippen LogP contribution < -0.4 is 10.5 Å². The standard InChI is InChI=1S/C20H25N5O3/c1-15(2)24-20(26)11-10-17(21-24)18-12-19(23(13-27-3)14-28-4)22-25(18)16-8-6-5-7-9-16/h5-12,15H,13-14H2,1-4H3. The number of hydrogen-bond donors (Lipinski definition) is 0. The fraction of sp³-hybridized carbons (Fsp3) is 0.350. The summed E-state index contributed by atoms with van der Waals surface area (Å²) in [5, 5.41) is 9.30. The molecule has 0 amide bonds. The van der Waals surface area contributed by atoms with Crippen molar-refractivity contribution in [2.24, 2.45) is 0 Å². The molecule has 0 atom stereocenters. The molecule has 1 aromatic carbocycles. The zero-order chi connectivity index (χ0) is 20.1. The van der Waals surface area contributed by atoms with E-state index in [2.05, 4.69) is 5.10 Å². The number of nitrogens with zero attached hydrogens (tertiary/aromatic N) is 5. The maximum atomic E-state index is 12.1. The van der Waals surface area contributed by atoms with Gasteiger partial charge in [0.1, 0.15) is 19.2 Å². The molecule has 8 nitrogen and oxygen atoms in total. The minimum atomic E-state index is -0.134. The molecular weight excluding hydrogens is 358 g/mol. The number of anilines is 1. The highest BCUT2D eigenvalue weighted by Crippen LogP contribution is 2.26. The highest BCUT2D eigenvalue weighted by molar-refractivity contribution is 5.62. The lowest BCUT2D eigenvalue weighted by Crippen LogP contribution is -2.28. The van der Waals surface area contributed by atoms with Crippen molar-refractivity contribution < 1.29 is 9.47 Å². The molecule has 3 rings (SSSR count). The lowest BCUT2D eigenvalue weighted by atomic mass is 10.2. The van der Waals surface area contributed by atoms with Crippen molar-refractivity contribution in [1.82, 2.24) is 19.6 Å². The van der Waals surface area contributed by atoms with Crippen LogP contribution in [-0.2, 0) is 9.47 Å². The molecule has 0 bridgehead atoms. The second-order valence-corrected chi connectivity index (χ2v) is 6.61. The first-order valence-corrected chi connectivity index (χ1v) is 9.03. The highest BCUT2D eigenvalue weighted by Gasteiger charge is 2.18. The SMILES string of the molecule is COCN(COC)c1cc(-c2ccc(=O)n(C(C)C)n2)n(-c2ccccc2)n1. The Balaban J connectivity index is 2.16. The lowest BCUT2D eigenvalue weighted by Gasteiger charge is -2.19. The van der Waals surface area contributed by atoms with Crippen LogP contribution in [0.25, 0.3) is 17.1 Å². The third-order valence-corrected chi connectivity index (χ3v) is 4.17. The van der Waals surface area contributed by atoms with E-state index in [1.54, 1.807) is 20.3 Å². The Labute approximate surface area is 163 Å². The van der Waals surface area contributed by atoms with Crippen molar-refractivity contribution >= 4 is 5.82 Å². The van der Waals surface area contributed by atoms with Crippen molar-refractivity contribution in [2.75, 3.05) is 32.6 Å². The van der Waals surface area contributed by atoms with E-state index in [4.69, 9.17) is 14.6 Å². The van der Waals surface area contributed by atoms with Gasteiger partial charge in [-0.15, -0.1) is 5.10 Å². The van der Waals surface area contributed by atoms with E-state index < -0.39 is 0 Å². The van der Waals surface area contributed by atoms with Gasteiger partial charge in [0, 0.05) is 26.4 Å². The van der Waals surface area contributed by atoms with Gasteiger partial charge in [0.15, 0.2) is 5.82 Å².